The number of nitrogens with zero attached hydrogens (tertiary/aromatic N) is 1. The van der Waals surface area contributed by atoms with Crippen LogP contribution in [0.2, 0.25) is 0 Å². The highest BCUT2D eigenvalue weighted by Gasteiger charge is 2.30. The Bertz CT molecular complexity index is 624. The molecule has 0 aliphatic heterocycles. The average Bonchev–Trinajstić information content (AvgIpc) is 2.36. The third-order valence-corrected chi connectivity index (χ3v) is 3.35. The number of ether oxygens (including phenoxy) is 2. The van der Waals surface area contributed by atoms with Gasteiger partial charge in [-0.15, -0.1) is 0 Å². The van der Waals surface area contributed by atoms with E-state index in [4.69, 9.17) is 9.47 Å². The van der Waals surface area contributed by atoms with Crippen LogP contribution in [0, 0.1) is 0 Å². The lowest BCUT2D eigenvalue weighted by Gasteiger charge is -2.14. The van der Waals surface area contributed by atoms with Gasteiger partial charge in [0, 0.05) is 6.07 Å². The molecule has 1 rings (SSSR count). The summed E-state index contributed by atoms with van der Waals surface area (Å²) >= 11 is 0. The van der Waals surface area contributed by atoms with Crippen molar-refractivity contribution in [2.45, 2.75) is 11.1 Å². The van der Waals surface area contributed by atoms with Gasteiger partial charge < -0.3 is 14.6 Å². The molecule has 112 valence electrons. The molecule has 20 heavy (non-hydrogen) atoms. The molecule has 0 spiro atoms. The normalized spacial score (nSPS) is 13.2. The Labute approximate surface area is 112 Å². The predicted octanol–water partition coefficient (Wildman–Crippen LogP) is 0.714. The smallest absolute Gasteiger partial charge is 0.420 e. The summed E-state index contributed by atoms with van der Waals surface area (Å²) in [4.78, 5) is -0.618. The lowest BCUT2D eigenvalue weighted by molar-refractivity contribution is -0.261. The molecule has 10 heteroatoms. The molecule has 0 saturated heterocycles. The fourth-order valence-corrected chi connectivity index (χ4v) is 2.11. The van der Waals surface area contributed by atoms with Crippen molar-refractivity contribution in [3.63, 3.8) is 0 Å². The zero-order valence-electron chi connectivity index (χ0n) is 10.3. The maximum atomic E-state index is 12.0. The van der Waals surface area contributed by atoms with E-state index in [0.29, 0.717) is 0 Å². The standard InChI is InChI=1S/C10H10F3NO5S/c1-18-7-4-3-6(5-8(7)19-2)20(16,17)14-9(15)10(11,12)13/h3-5H,1-2H3,(H,14,15)/p-1. The fraction of sp³-hybridized carbons (Fsp3) is 0.300. The number of methoxy groups -OCH3 is 2. The second-order valence-corrected chi connectivity index (χ2v) is 4.99. The Hall–Kier alpha value is -1.97. The van der Waals surface area contributed by atoms with E-state index in [1.165, 1.54) is 20.3 Å². The van der Waals surface area contributed by atoms with E-state index >= 15 is 0 Å². The summed E-state index contributed by atoms with van der Waals surface area (Å²) in [6, 6.07) is 3.02. The SMILES string of the molecule is COc1ccc(S(=O)(=O)/N=C(\[O-])C(F)(F)F)cc1OC. The van der Waals surface area contributed by atoms with Gasteiger partial charge in [0.15, 0.2) is 11.5 Å². The van der Waals surface area contributed by atoms with Crippen molar-refractivity contribution in [3.05, 3.63) is 18.2 Å². The molecule has 0 bridgehead atoms. The number of rotatable bonds is 4. The van der Waals surface area contributed by atoms with Crippen molar-refractivity contribution < 1.29 is 36.2 Å². The van der Waals surface area contributed by atoms with Gasteiger partial charge in [-0.2, -0.15) is 26.0 Å². The van der Waals surface area contributed by atoms with Crippen LogP contribution in [-0.4, -0.2) is 34.7 Å². The van der Waals surface area contributed by atoms with Gasteiger partial charge in [-0.25, -0.2) is 0 Å². The van der Waals surface area contributed by atoms with Crippen LogP contribution in [0.1, 0.15) is 0 Å². The molecule has 0 heterocycles. The van der Waals surface area contributed by atoms with Crippen LogP contribution in [0.5, 0.6) is 11.5 Å². The first-order valence-corrected chi connectivity index (χ1v) is 6.37. The van der Waals surface area contributed by atoms with Crippen LogP contribution < -0.4 is 14.6 Å². The molecule has 0 aliphatic rings. The van der Waals surface area contributed by atoms with Crippen molar-refractivity contribution in [2.75, 3.05) is 14.2 Å². The van der Waals surface area contributed by atoms with E-state index in [-0.39, 0.29) is 11.5 Å². The number of benzene rings is 1. The third-order valence-electron chi connectivity index (χ3n) is 2.10. The fourth-order valence-electron chi connectivity index (χ4n) is 1.19. The lowest BCUT2D eigenvalue weighted by Crippen LogP contribution is -2.35. The molecule has 0 fully saturated rings. The van der Waals surface area contributed by atoms with Crippen molar-refractivity contribution >= 4 is 15.9 Å². The van der Waals surface area contributed by atoms with E-state index in [9.17, 15) is 26.7 Å². The number of hydrogen-bond donors (Lipinski definition) is 0. The Morgan fingerprint density at radius 3 is 2.20 bits per heavy atom. The van der Waals surface area contributed by atoms with Crippen molar-refractivity contribution in [1.82, 2.24) is 0 Å². The van der Waals surface area contributed by atoms with Crippen LogP contribution in [-0.2, 0) is 10.0 Å². The first kappa shape index (κ1) is 16.1. The van der Waals surface area contributed by atoms with Crippen LogP contribution >= 0.6 is 0 Å². The summed E-state index contributed by atoms with van der Waals surface area (Å²) in [7, 11) is -2.27. The van der Waals surface area contributed by atoms with E-state index in [1.807, 2.05) is 0 Å². The second-order valence-electron chi connectivity index (χ2n) is 3.39. The first-order valence-electron chi connectivity index (χ1n) is 4.93. The number of sulfonamides is 1. The Balaban J connectivity index is 3.30. The maximum absolute atomic E-state index is 12.0. The molecule has 1 aromatic carbocycles. The van der Waals surface area contributed by atoms with Crippen LogP contribution in [0.3, 0.4) is 0 Å². The summed E-state index contributed by atoms with van der Waals surface area (Å²) in [6.45, 7) is 0. The number of halogens is 3. The highest BCUT2D eigenvalue weighted by Crippen LogP contribution is 2.30. The average molecular weight is 312 g/mol. The zero-order chi connectivity index (χ0) is 15.6. The van der Waals surface area contributed by atoms with Crippen molar-refractivity contribution in [2.24, 2.45) is 4.40 Å². The molecular formula is C10H9F3NO5S-. The molecule has 0 aromatic heterocycles. The monoisotopic (exact) mass is 312 g/mol. The van der Waals surface area contributed by atoms with Crippen LogP contribution in [0.4, 0.5) is 13.2 Å². The Morgan fingerprint density at radius 1 is 1.20 bits per heavy atom. The highest BCUT2D eigenvalue weighted by molar-refractivity contribution is 7.90. The van der Waals surface area contributed by atoms with Gasteiger partial charge in [0.05, 0.1) is 25.0 Å². The van der Waals surface area contributed by atoms with E-state index in [1.54, 1.807) is 0 Å². The lowest BCUT2D eigenvalue weighted by atomic mass is 10.3. The van der Waals surface area contributed by atoms with E-state index in [2.05, 4.69) is 4.40 Å². The van der Waals surface area contributed by atoms with Crippen molar-refractivity contribution in [1.29, 1.82) is 0 Å². The van der Waals surface area contributed by atoms with Gasteiger partial charge in [0.2, 0.25) is 0 Å². The summed E-state index contributed by atoms with van der Waals surface area (Å²) in [6.07, 6.45) is -5.36. The second kappa shape index (κ2) is 5.57. The van der Waals surface area contributed by atoms with Gasteiger partial charge in [-0.05, 0) is 12.1 Å². The largest absolute Gasteiger partial charge is 0.855 e. The molecule has 0 radical (unpaired) electrons. The van der Waals surface area contributed by atoms with Crippen molar-refractivity contribution in [3.8, 4) is 11.5 Å². The molecule has 6 nitrogen and oxygen atoms in total. The summed E-state index contributed by atoms with van der Waals surface area (Å²) in [5.74, 6) is -2.55. The molecule has 0 saturated carbocycles. The minimum atomic E-state index is -5.36. The van der Waals surface area contributed by atoms with Gasteiger partial charge in [-0.3, -0.25) is 0 Å². The summed E-state index contributed by atoms with van der Waals surface area (Å²) in [5.41, 5.74) is 0. The Kier molecular flexibility index (Phi) is 4.48. The molecule has 0 aliphatic carbocycles. The van der Waals surface area contributed by atoms with Crippen LogP contribution in [0.25, 0.3) is 0 Å². The van der Waals surface area contributed by atoms with Gasteiger partial charge >= 0.3 is 6.18 Å². The third kappa shape index (κ3) is 3.53. The molecule has 0 N–H and O–H groups in total. The summed E-state index contributed by atoms with van der Waals surface area (Å²) in [5, 5.41) is 10.6. The highest BCUT2D eigenvalue weighted by atomic mass is 32.2. The van der Waals surface area contributed by atoms with Gasteiger partial charge in [0.1, 0.15) is 0 Å². The topological polar surface area (TPSA) is 88.0 Å². The zero-order valence-corrected chi connectivity index (χ0v) is 11.1. The quantitative estimate of drug-likeness (QED) is 0.603. The first-order chi connectivity index (χ1) is 9.11. The molecule has 0 atom stereocenters. The minimum Gasteiger partial charge on any atom is -0.855 e. The number of alkyl halides is 3. The van der Waals surface area contributed by atoms with Crippen LogP contribution in [0.15, 0.2) is 27.5 Å². The predicted molar refractivity (Wildman–Crippen MR) is 60.2 cm³/mol. The van der Waals surface area contributed by atoms with Gasteiger partial charge in [0.25, 0.3) is 10.0 Å². The molecule has 0 unspecified atom stereocenters. The van der Waals surface area contributed by atoms with E-state index < -0.39 is 27.0 Å². The Morgan fingerprint density at radius 2 is 1.75 bits per heavy atom. The summed E-state index contributed by atoms with van der Waals surface area (Å²) < 4.78 is 71.0. The maximum Gasteiger partial charge on any atom is 0.420 e. The molecular weight excluding hydrogens is 303 g/mol. The number of hydrogen-bond acceptors (Lipinski definition) is 5. The van der Waals surface area contributed by atoms with Gasteiger partial charge in [-0.1, -0.05) is 0 Å². The molecule has 1 aromatic rings. The minimum absolute atomic E-state index is 0.0248. The molecule has 0 amide bonds. The van der Waals surface area contributed by atoms with E-state index in [0.717, 1.165) is 12.1 Å².